The molecular weight excluding hydrogens is 234 g/mol. The Bertz CT molecular complexity index is 346. The predicted octanol–water partition coefficient (Wildman–Crippen LogP) is 0.733. The Morgan fingerprint density at radius 1 is 1.24 bits per heavy atom. The van der Waals surface area contributed by atoms with E-state index in [9.17, 15) is 0 Å². The molecule has 0 aromatic carbocycles. The smallest absolute Gasteiger partial charge is 0.191 e. The molecule has 5 nitrogen and oxygen atoms in total. The zero-order valence-corrected chi connectivity index (χ0v) is 11.2. The lowest BCUT2D eigenvalue weighted by Gasteiger charge is -2.13. The lowest BCUT2D eigenvalue weighted by Crippen LogP contribution is -2.22. The molecule has 0 amide bonds. The van der Waals surface area contributed by atoms with Gasteiger partial charge in [-0.15, -0.1) is 10.2 Å². The van der Waals surface area contributed by atoms with Crippen molar-refractivity contribution < 1.29 is 0 Å². The summed E-state index contributed by atoms with van der Waals surface area (Å²) in [7, 11) is 0. The molecule has 0 spiro atoms. The molecule has 0 saturated carbocycles. The molecule has 6 heteroatoms. The van der Waals surface area contributed by atoms with Crippen LogP contribution in [0.2, 0.25) is 0 Å². The van der Waals surface area contributed by atoms with Gasteiger partial charge in [0.05, 0.1) is 0 Å². The summed E-state index contributed by atoms with van der Waals surface area (Å²) in [4.78, 5) is 2.52. The number of thioether (sulfide) groups is 1. The molecular formula is C11H21N5S. The number of aromatic nitrogens is 3. The third-order valence-corrected chi connectivity index (χ3v) is 4.04. The third kappa shape index (κ3) is 3.43. The number of nitrogens with zero attached hydrogens (tertiary/aromatic N) is 4. The van der Waals surface area contributed by atoms with Gasteiger partial charge in [0.2, 0.25) is 0 Å². The maximum Gasteiger partial charge on any atom is 0.191 e. The maximum absolute atomic E-state index is 5.59. The minimum atomic E-state index is 0.637. The van der Waals surface area contributed by atoms with Crippen molar-refractivity contribution in [2.24, 2.45) is 5.73 Å². The Morgan fingerprint density at radius 3 is 2.71 bits per heavy atom. The molecule has 1 aromatic rings. The first-order chi connectivity index (χ1) is 8.31. The molecule has 0 bridgehead atoms. The Morgan fingerprint density at radius 2 is 2.00 bits per heavy atom. The van der Waals surface area contributed by atoms with Gasteiger partial charge in [-0.25, -0.2) is 0 Å². The predicted molar refractivity (Wildman–Crippen MR) is 70.2 cm³/mol. The molecule has 1 aliphatic heterocycles. The van der Waals surface area contributed by atoms with E-state index in [-0.39, 0.29) is 0 Å². The lowest BCUT2D eigenvalue weighted by molar-refractivity contribution is 0.362. The van der Waals surface area contributed by atoms with Gasteiger partial charge in [0, 0.05) is 25.4 Å². The molecule has 0 radical (unpaired) electrons. The minimum absolute atomic E-state index is 0.637. The van der Waals surface area contributed by atoms with E-state index in [1.165, 1.54) is 25.9 Å². The van der Waals surface area contributed by atoms with E-state index in [0.29, 0.717) is 6.54 Å². The van der Waals surface area contributed by atoms with Crippen molar-refractivity contribution in [3.63, 3.8) is 0 Å². The first-order valence-corrected chi connectivity index (χ1v) is 7.25. The van der Waals surface area contributed by atoms with Crippen LogP contribution in [0.3, 0.4) is 0 Å². The van der Waals surface area contributed by atoms with Crippen LogP contribution in [0.4, 0.5) is 0 Å². The lowest BCUT2D eigenvalue weighted by atomic mass is 10.4. The molecule has 0 atom stereocenters. The van der Waals surface area contributed by atoms with Crippen LogP contribution < -0.4 is 5.73 Å². The summed E-state index contributed by atoms with van der Waals surface area (Å²) in [6.07, 6.45) is 2.71. The van der Waals surface area contributed by atoms with E-state index >= 15 is 0 Å². The normalized spacial score (nSPS) is 16.8. The SMILES string of the molecule is Cc1nnc(SCCN2CCCC2)n1CCN. The highest BCUT2D eigenvalue weighted by atomic mass is 32.2. The van der Waals surface area contributed by atoms with Crippen LogP contribution in [0.1, 0.15) is 18.7 Å². The number of rotatable bonds is 6. The van der Waals surface area contributed by atoms with Crippen LogP contribution in [-0.2, 0) is 6.54 Å². The van der Waals surface area contributed by atoms with Crippen molar-refractivity contribution in [3.8, 4) is 0 Å². The van der Waals surface area contributed by atoms with Gasteiger partial charge in [0.15, 0.2) is 5.16 Å². The Balaban J connectivity index is 1.81. The van der Waals surface area contributed by atoms with Gasteiger partial charge < -0.3 is 15.2 Å². The van der Waals surface area contributed by atoms with Crippen LogP contribution in [0.5, 0.6) is 0 Å². The fourth-order valence-corrected chi connectivity index (χ4v) is 3.14. The van der Waals surface area contributed by atoms with Crippen LogP contribution in [0, 0.1) is 6.92 Å². The van der Waals surface area contributed by atoms with Crippen molar-refractivity contribution >= 4 is 11.8 Å². The third-order valence-electron chi connectivity index (χ3n) is 3.09. The molecule has 2 rings (SSSR count). The van der Waals surface area contributed by atoms with Gasteiger partial charge in [-0.05, 0) is 32.9 Å². The molecule has 0 unspecified atom stereocenters. The summed E-state index contributed by atoms with van der Waals surface area (Å²) in [5, 5.41) is 9.32. The topological polar surface area (TPSA) is 60.0 Å². The molecule has 1 saturated heterocycles. The summed E-state index contributed by atoms with van der Waals surface area (Å²) < 4.78 is 2.11. The van der Waals surface area contributed by atoms with Crippen LogP contribution in [0.25, 0.3) is 0 Å². The van der Waals surface area contributed by atoms with Gasteiger partial charge in [-0.1, -0.05) is 11.8 Å². The summed E-state index contributed by atoms with van der Waals surface area (Å²) in [5.41, 5.74) is 5.59. The molecule has 2 heterocycles. The average Bonchev–Trinajstić information content (AvgIpc) is 2.93. The van der Waals surface area contributed by atoms with Gasteiger partial charge in [0.25, 0.3) is 0 Å². The fraction of sp³-hybridized carbons (Fsp3) is 0.818. The summed E-state index contributed by atoms with van der Waals surface area (Å²) in [5.74, 6) is 2.04. The molecule has 17 heavy (non-hydrogen) atoms. The number of hydrogen-bond acceptors (Lipinski definition) is 5. The second-order valence-corrected chi connectivity index (χ2v) is 5.43. The molecule has 96 valence electrons. The van der Waals surface area contributed by atoms with Crippen LogP contribution in [0.15, 0.2) is 5.16 Å². The number of hydrogen-bond donors (Lipinski definition) is 1. The zero-order chi connectivity index (χ0) is 12.1. The summed E-state index contributed by atoms with van der Waals surface area (Å²) >= 11 is 1.79. The number of aryl methyl sites for hydroxylation is 1. The van der Waals surface area contributed by atoms with Gasteiger partial charge >= 0.3 is 0 Å². The quantitative estimate of drug-likeness (QED) is 0.760. The Kier molecular flexibility index (Phi) is 4.82. The highest BCUT2D eigenvalue weighted by Gasteiger charge is 2.12. The van der Waals surface area contributed by atoms with Crippen molar-refractivity contribution in [1.29, 1.82) is 0 Å². The van der Waals surface area contributed by atoms with Gasteiger partial charge in [-0.3, -0.25) is 0 Å². The van der Waals surface area contributed by atoms with Crippen LogP contribution in [-0.4, -0.2) is 51.6 Å². The largest absolute Gasteiger partial charge is 0.329 e. The fourth-order valence-electron chi connectivity index (χ4n) is 2.13. The van der Waals surface area contributed by atoms with Crippen molar-refractivity contribution in [3.05, 3.63) is 5.82 Å². The molecule has 1 aromatic heterocycles. The Hall–Kier alpha value is -0.590. The first kappa shape index (κ1) is 12.9. The van der Waals surface area contributed by atoms with Gasteiger partial charge in [-0.2, -0.15) is 0 Å². The van der Waals surface area contributed by atoms with E-state index in [1.54, 1.807) is 11.8 Å². The van der Waals surface area contributed by atoms with E-state index < -0.39 is 0 Å². The number of nitrogens with two attached hydrogens (primary N) is 1. The van der Waals surface area contributed by atoms with Crippen molar-refractivity contribution in [2.45, 2.75) is 31.5 Å². The highest BCUT2D eigenvalue weighted by Crippen LogP contribution is 2.17. The summed E-state index contributed by atoms with van der Waals surface area (Å²) in [6.45, 7) is 7.10. The second kappa shape index (κ2) is 6.37. The average molecular weight is 255 g/mol. The highest BCUT2D eigenvalue weighted by molar-refractivity contribution is 7.99. The number of likely N-dealkylation sites (tertiary alicyclic amines) is 1. The molecule has 1 aliphatic rings. The zero-order valence-electron chi connectivity index (χ0n) is 10.4. The van der Waals surface area contributed by atoms with E-state index in [1.807, 2.05) is 6.92 Å². The van der Waals surface area contributed by atoms with Gasteiger partial charge in [0.1, 0.15) is 5.82 Å². The molecule has 0 aliphatic carbocycles. The summed E-state index contributed by atoms with van der Waals surface area (Å²) in [6, 6.07) is 0. The molecule has 1 fully saturated rings. The van der Waals surface area contributed by atoms with E-state index in [2.05, 4.69) is 19.7 Å². The first-order valence-electron chi connectivity index (χ1n) is 6.26. The molecule has 2 N–H and O–H groups in total. The van der Waals surface area contributed by atoms with E-state index in [0.717, 1.165) is 29.8 Å². The van der Waals surface area contributed by atoms with Crippen molar-refractivity contribution in [1.82, 2.24) is 19.7 Å². The van der Waals surface area contributed by atoms with Crippen LogP contribution >= 0.6 is 11.8 Å². The standard InChI is InChI=1S/C11H21N5S/c1-10-13-14-11(16(10)7-4-12)17-9-8-15-5-2-3-6-15/h2-9,12H2,1H3. The van der Waals surface area contributed by atoms with Crippen molar-refractivity contribution in [2.75, 3.05) is 31.9 Å². The minimum Gasteiger partial charge on any atom is -0.329 e. The Labute approximate surface area is 107 Å². The second-order valence-electron chi connectivity index (χ2n) is 4.37. The monoisotopic (exact) mass is 255 g/mol. The van der Waals surface area contributed by atoms with E-state index in [4.69, 9.17) is 5.73 Å². The maximum atomic E-state index is 5.59.